The molecule has 1 aromatic carbocycles. The Balaban J connectivity index is 1.85. The van der Waals surface area contributed by atoms with Crippen LogP contribution in [-0.2, 0) is 6.54 Å². The topological polar surface area (TPSA) is 39.7 Å². The van der Waals surface area contributed by atoms with Crippen LogP contribution in [-0.4, -0.2) is 43.6 Å². The molecule has 1 aliphatic rings. The summed E-state index contributed by atoms with van der Waals surface area (Å²) in [7, 11) is 1.81. The molecule has 22 heavy (non-hydrogen) atoms. The zero-order valence-electron chi connectivity index (χ0n) is 13.9. The van der Waals surface area contributed by atoms with Crippen LogP contribution in [0.1, 0.15) is 25.8 Å². The average molecular weight is 321 g/mol. The van der Waals surface area contributed by atoms with Crippen molar-refractivity contribution in [3.63, 3.8) is 0 Å². The molecule has 2 rings (SSSR count). The number of nitrogens with one attached hydrogen (secondary N) is 2. The third-order valence-electron chi connectivity index (χ3n) is 3.99. The second-order valence-corrected chi connectivity index (χ2v) is 6.87. The molecule has 1 unspecified atom stereocenters. The molecule has 0 spiro atoms. The van der Waals surface area contributed by atoms with Gasteiger partial charge in [0.1, 0.15) is 0 Å². The molecule has 0 saturated carbocycles. The van der Waals surface area contributed by atoms with Gasteiger partial charge in [0.05, 0.1) is 0 Å². The Labute approximate surface area is 138 Å². The minimum Gasteiger partial charge on any atom is -0.370 e. The van der Waals surface area contributed by atoms with Crippen molar-refractivity contribution < 1.29 is 0 Å². The fourth-order valence-corrected chi connectivity index (χ4v) is 3.27. The molecule has 1 atom stereocenters. The molecule has 4 nitrogen and oxygen atoms in total. The van der Waals surface area contributed by atoms with E-state index in [0.29, 0.717) is 6.04 Å². The van der Waals surface area contributed by atoms with Gasteiger partial charge in [-0.15, -0.1) is 0 Å². The van der Waals surface area contributed by atoms with Gasteiger partial charge in [-0.1, -0.05) is 19.1 Å². The number of aliphatic imine (C=N–C) groups is 1. The normalized spacial score (nSPS) is 17.2. The average Bonchev–Trinajstić information content (AvgIpc) is 2.59. The van der Waals surface area contributed by atoms with E-state index >= 15 is 0 Å². The van der Waals surface area contributed by atoms with Crippen molar-refractivity contribution in [2.24, 2.45) is 4.99 Å². The number of anilines is 1. The third kappa shape index (κ3) is 5.13. The zero-order chi connectivity index (χ0) is 15.8. The van der Waals surface area contributed by atoms with Gasteiger partial charge >= 0.3 is 0 Å². The van der Waals surface area contributed by atoms with Crippen LogP contribution in [0.25, 0.3) is 0 Å². The fourth-order valence-electron chi connectivity index (χ4n) is 2.36. The Kier molecular flexibility index (Phi) is 6.90. The highest BCUT2D eigenvalue weighted by Crippen LogP contribution is 2.19. The first-order valence-corrected chi connectivity index (χ1v) is 9.27. The lowest BCUT2D eigenvalue weighted by Gasteiger charge is -2.28. The summed E-state index contributed by atoms with van der Waals surface area (Å²) in [6.07, 6.45) is 1.09. The van der Waals surface area contributed by atoms with Crippen LogP contribution in [0.5, 0.6) is 0 Å². The van der Waals surface area contributed by atoms with Crippen LogP contribution in [0.2, 0.25) is 0 Å². The number of hydrogen-bond acceptors (Lipinski definition) is 3. The Morgan fingerprint density at radius 1 is 1.27 bits per heavy atom. The largest absolute Gasteiger partial charge is 0.370 e. The van der Waals surface area contributed by atoms with E-state index < -0.39 is 0 Å². The van der Waals surface area contributed by atoms with Crippen LogP contribution in [0, 0.1) is 0 Å². The van der Waals surface area contributed by atoms with Crippen molar-refractivity contribution in [2.45, 2.75) is 32.9 Å². The molecular formula is C17H28N4S. The molecule has 0 bridgehead atoms. The summed E-state index contributed by atoms with van der Waals surface area (Å²) in [6.45, 7) is 7.45. The van der Waals surface area contributed by atoms with Gasteiger partial charge in [0.25, 0.3) is 0 Å². The van der Waals surface area contributed by atoms with Gasteiger partial charge in [-0.05, 0) is 31.0 Å². The van der Waals surface area contributed by atoms with E-state index in [9.17, 15) is 0 Å². The van der Waals surface area contributed by atoms with Crippen LogP contribution >= 0.6 is 11.8 Å². The Morgan fingerprint density at radius 3 is 2.55 bits per heavy atom. The molecule has 5 heteroatoms. The van der Waals surface area contributed by atoms with Crippen LogP contribution < -0.4 is 15.5 Å². The van der Waals surface area contributed by atoms with Gasteiger partial charge in [-0.2, -0.15) is 11.8 Å². The lowest BCUT2D eigenvalue weighted by Crippen LogP contribution is -2.41. The summed E-state index contributed by atoms with van der Waals surface area (Å²) in [6, 6.07) is 9.32. The summed E-state index contributed by atoms with van der Waals surface area (Å²) in [5, 5.41) is 6.75. The molecule has 1 aliphatic heterocycles. The number of rotatable bonds is 5. The van der Waals surface area contributed by atoms with Crippen molar-refractivity contribution in [1.82, 2.24) is 10.6 Å². The summed E-state index contributed by atoms with van der Waals surface area (Å²) in [5.74, 6) is 3.34. The lowest BCUT2D eigenvalue weighted by atomic mass is 10.2. The molecule has 2 N–H and O–H groups in total. The number of hydrogen-bond donors (Lipinski definition) is 2. The second kappa shape index (κ2) is 8.93. The molecule has 0 aromatic heterocycles. The van der Waals surface area contributed by atoms with Crippen molar-refractivity contribution in [1.29, 1.82) is 0 Å². The van der Waals surface area contributed by atoms with Gasteiger partial charge < -0.3 is 15.5 Å². The SMILES string of the molecule is CCC(C)NC(=NC)NCc1ccc(N2CCSCC2)cc1. The molecular weight excluding hydrogens is 292 g/mol. The Morgan fingerprint density at radius 2 is 1.95 bits per heavy atom. The first-order valence-electron chi connectivity index (χ1n) is 8.11. The van der Waals surface area contributed by atoms with Crippen molar-refractivity contribution in [3.05, 3.63) is 29.8 Å². The van der Waals surface area contributed by atoms with E-state index in [0.717, 1.165) is 32.0 Å². The minimum atomic E-state index is 0.436. The number of thioether (sulfide) groups is 1. The minimum absolute atomic E-state index is 0.436. The summed E-state index contributed by atoms with van der Waals surface area (Å²) in [5.41, 5.74) is 2.62. The van der Waals surface area contributed by atoms with Gasteiger partial charge in [0.15, 0.2) is 5.96 Å². The molecule has 0 aliphatic carbocycles. The van der Waals surface area contributed by atoms with E-state index in [1.807, 2.05) is 18.8 Å². The van der Waals surface area contributed by atoms with Gasteiger partial charge in [-0.3, -0.25) is 4.99 Å². The maximum atomic E-state index is 4.27. The first kappa shape index (κ1) is 17.0. The van der Waals surface area contributed by atoms with E-state index in [4.69, 9.17) is 0 Å². The van der Waals surface area contributed by atoms with E-state index in [-0.39, 0.29) is 0 Å². The predicted molar refractivity (Wildman–Crippen MR) is 99.1 cm³/mol. The zero-order valence-corrected chi connectivity index (χ0v) is 14.7. The van der Waals surface area contributed by atoms with Gasteiger partial charge in [0, 0.05) is 49.9 Å². The highest BCUT2D eigenvalue weighted by atomic mass is 32.2. The van der Waals surface area contributed by atoms with Gasteiger partial charge in [-0.25, -0.2) is 0 Å². The number of benzene rings is 1. The standard InChI is InChI=1S/C17H28N4S/c1-4-14(2)20-17(18-3)19-13-15-5-7-16(8-6-15)21-9-11-22-12-10-21/h5-8,14H,4,9-13H2,1-3H3,(H2,18,19,20). The van der Waals surface area contributed by atoms with Crippen molar-refractivity contribution in [3.8, 4) is 0 Å². The maximum absolute atomic E-state index is 4.27. The van der Waals surface area contributed by atoms with Crippen LogP contribution in [0.3, 0.4) is 0 Å². The smallest absolute Gasteiger partial charge is 0.191 e. The van der Waals surface area contributed by atoms with E-state index in [2.05, 4.69) is 58.6 Å². The third-order valence-corrected chi connectivity index (χ3v) is 4.93. The van der Waals surface area contributed by atoms with Crippen molar-refractivity contribution in [2.75, 3.05) is 36.5 Å². The summed E-state index contributed by atoms with van der Waals surface area (Å²) in [4.78, 5) is 6.74. The number of guanidine groups is 1. The fraction of sp³-hybridized carbons (Fsp3) is 0.588. The molecule has 0 radical (unpaired) electrons. The Bertz CT molecular complexity index is 466. The van der Waals surface area contributed by atoms with Crippen LogP contribution in [0.15, 0.2) is 29.3 Å². The molecule has 1 aromatic rings. The first-order chi connectivity index (χ1) is 10.7. The van der Waals surface area contributed by atoms with Crippen LogP contribution in [0.4, 0.5) is 5.69 Å². The lowest BCUT2D eigenvalue weighted by molar-refractivity contribution is 0.624. The predicted octanol–water partition coefficient (Wildman–Crippen LogP) is 2.70. The highest BCUT2D eigenvalue weighted by molar-refractivity contribution is 7.99. The second-order valence-electron chi connectivity index (χ2n) is 5.65. The highest BCUT2D eigenvalue weighted by Gasteiger charge is 2.10. The summed E-state index contributed by atoms with van der Waals surface area (Å²) >= 11 is 2.05. The molecule has 122 valence electrons. The molecule has 1 heterocycles. The maximum Gasteiger partial charge on any atom is 0.191 e. The molecule has 0 amide bonds. The monoisotopic (exact) mass is 320 g/mol. The summed E-state index contributed by atoms with van der Waals surface area (Å²) < 4.78 is 0. The Hall–Kier alpha value is -1.36. The van der Waals surface area contributed by atoms with E-state index in [1.165, 1.54) is 22.8 Å². The van der Waals surface area contributed by atoms with Gasteiger partial charge in [0.2, 0.25) is 0 Å². The number of nitrogens with zero attached hydrogens (tertiary/aromatic N) is 2. The molecule has 1 saturated heterocycles. The van der Waals surface area contributed by atoms with E-state index in [1.54, 1.807) is 0 Å². The van der Waals surface area contributed by atoms with Crippen molar-refractivity contribution >= 4 is 23.4 Å². The molecule has 1 fully saturated rings. The quantitative estimate of drug-likeness (QED) is 0.646.